The van der Waals surface area contributed by atoms with Gasteiger partial charge >= 0.3 is 0 Å². The molecule has 0 bridgehead atoms. The van der Waals surface area contributed by atoms with Gasteiger partial charge in [-0.05, 0) is 18.4 Å². The lowest BCUT2D eigenvalue weighted by atomic mass is 9.90. The summed E-state index contributed by atoms with van der Waals surface area (Å²) in [4.78, 5) is 14.1. The van der Waals surface area contributed by atoms with Crippen LogP contribution in [0.4, 0.5) is 0 Å². The van der Waals surface area contributed by atoms with Gasteiger partial charge in [-0.15, -0.1) is 0 Å². The molecule has 0 aliphatic carbocycles. The molecule has 0 radical (unpaired) electrons. The highest BCUT2D eigenvalue weighted by Gasteiger charge is 2.32. The molecule has 2 heteroatoms. The van der Waals surface area contributed by atoms with Crippen LogP contribution in [-0.4, -0.2) is 30.3 Å². The molecule has 1 aliphatic heterocycles. The van der Waals surface area contributed by atoms with E-state index in [4.69, 9.17) is 0 Å². The number of carbonyl (C=O) groups is 1. The molecule has 14 heavy (non-hydrogen) atoms. The Balaban J connectivity index is 2.44. The molecule has 1 aliphatic rings. The van der Waals surface area contributed by atoms with Gasteiger partial charge in [0, 0.05) is 12.0 Å². The van der Waals surface area contributed by atoms with Crippen LogP contribution in [0.25, 0.3) is 0 Å². The summed E-state index contributed by atoms with van der Waals surface area (Å²) in [7, 11) is 0. The topological polar surface area (TPSA) is 20.3 Å². The number of likely N-dealkylation sites (tertiary alicyclic amines) is 1. The van der Waals surface area contributed by atoms with Gasteiger partial charge in [-0.1, -0.05) is 34.6 Å². The summed E-state index contributed by atoms with van der Waals surface area (Å²) < 4.78 is 0. The molecule has 82 valence electrons. The van der Waals surface area contributed by atoms with E-state index in [2.05, 4.69) is 18.7 Å². The van der Waals surface area contributed by atoms with Crippen LogP contribution in [0.3, 0.4) is 0 Å². The highest BCUT2D eigenvalue weighted by atomic mass is 16.1. The zero-order valence-corrected chi connectivity index (χ0v) is 10.2. The van der Waals surface area contributed by atoms with Gasteiger partial charge in [-0.25, -0.2) is 0 Å². The van der Waals surface area contributed by atoms with Gasteiger partial charge in [0.25, 0.3) is 0 Å². The lowest BCUT2D eigenvalue weighted by Gasteiger charge is -2.23. The fourth-order valence-corrected chi connectivity index (χ4v) is 1.80. The molecular weight excluding hydrogens is 174 g/mol. The Morgan fingerprint density at radius 2 is 1.93 bits per heavy atom. The minimum atomic E-state index is -0.188. The number of carbonyl (C=O) groups excluding carboxylic acids is 1. The molecular formula is C12H23NO. The highest BCUT2D eigenvalue weighted by molar-refractivity contribution is 5.85. The van der Waals surface area contributed by atoms with E-state index in [0.717, 1.165) is 13.1 Å². The number of hydrogen-bond acceptors (Lipinski definition) is 2. The summed E-state index contributed by atoms with van der Waals surface area (Å²) in [6.07, 6.45) is 1.21. The van der Waals surface area contributed by atoms with E-state index in [1.54, 1.807) is 0 Å². The van der Waals surface area contributed by atoms with Gasteiger partial charge < -0.3 is 0 Å². The van der Waals surface area contributed by atoms with Crippen LogP contribution in [0, 0.1) is 10.8 Å². The molecule has 0 amide bonds. The van der Waals surface area contributed by atoms with Gasteiger partial charge in [0.2, 0.25) is 0 Å². The summed E-state index contributed by atoms with van der Waals surface area (Å²) in [5.74, 6) is 0.357. The first-order valence-corrected chi connectivity index (χ1v) is 5.46. The van der Waals surface area contributed by atoms with Crippen LogP contribution in [0.5, 0.6) is 0 Å². The fourth-order valence-electron chi connectivity index (χ4n) is 1.80. The maximum atomic E-state index is 11.8. The van der Waals surface area contributed by atoms with E-state index in [-0.39, 0.29) is 5.41 Å². The first kappa shape index (κ1) is 11.7. The van der Waals surface area contributed by atoms with E-state index < -0.39 is 0 Å². The van der Waals surface area contributed by atoms with Gasteiger partial charge in [0.15, 0.2) is 5.78 Å². The van der Waals surface area contributed by atoms with Gasteiger partial charge in [0.05, 0.1) is 6.54 Å². The van der Waals surface area contributed by atoms with Crippen LogP contribution < -0.4 is 0 Å². The second kappa shape index (κ2) is 3.65. The fraction of sp³-hybridized carbons (Fsp3) is 0.917. The average molecular weight is 197 g/mol. The van der Waals surface area contributed by atoms with Crippen molar-refractivity contribution in [3.05, 3.63) is 0 Å². The summed E-state index contributed by atoms with van der Waals surface area (Å²) in [6.45, 7) is 13.3. The average Bonchev–Trinajstić information content (AvgIpc) is 2.28. The second-order valence-corrected chi connectivity index (χ2v) is 6.30. The molecule has 0 saturated carbocycles. The van der Waals surface area contributed by atoms with Gasteiger partial charge in [-0.3, -0.25) is 9.69 Å². The number of nitrogens with zero attached hydrogens (tertiary/aromatic N) is 1. The maximum Gasteiger partial charge on any atom is 0.152 e. The Hall–Kier alpha value is -0.370. The quantitative estimate of drug-likeness (QED) is 0.677. The van der Waals surface area contributed by atoms with Crippen LogP contribution in [-0.2, 0) is 4.79 Å². The molecule has 0 aromatic heterocycles. The van der Waals surface area contributed by atoms with Crippen molar-refractivity contribution in [1.82, 2.24) is 4.90 Å². The smallest absolute Gasteiger partial charge is 0.152 e. The Kier molecular flexibility index (Phi) is 3.05. The third-order valence-corrected chi connectivity index (χ3v) is 2.96. The minimum absolute atomic E-state index is 0.188. The Morgan fingerprint density at radius 1 is 1.36 bits per heavy atom. The highest BCUT2D eigenvalue weighted by Crippen LogP contribution is 2.29. The summed E-state index contributed by atoms with van der Waals surface area (Å²) in [5.41, 5.74) is 0.213. The molecule has 1 heterocycles. The van der Waals surface area contributed by atoms with Crippen molar-refractivity contribution in [2.45, 2.75) is 41.0 Å². The third kappa shape index (κ3) is 3.09. The van der Waals surface area contributed by atoms with E-state index in [1.165, 1.54) is 6.42 Å². The number of Topliss-reactive ketones (excluding diaryl/α,β-unsaturated/α-hetero) is 1. The van der Waals surface area contributed by atoms with Gasteiger partial charge in [0.1, 0.15) is 0 Å². The zero-order valence-electron chi connectivity index (χ0n) is 10.2. The van der Waals surface area contributed by atoms with Crippen LogP contribution in [0.1, 0.15) is 41.0 Å². The second-order valence-electron chi connectivity index (χ2n) is 6.30. The summed E-state index contributed by atoms with van der Waals surface area (Å²) in [5, 5.41) is 0. The van der Waals surface area contributed by atoms with Crippen LogP contribution in [0.2, 0.25) is 0 Å². The van der Waals surface area contributed by atoms with Crippen molar-refractivity contribution >= 4 is 5.78 Å². The molecule has 0 atom stereocenters. The first-order chi connectivity index (χ1) is 6.21. The maximum absolute atomic E-state index is 11.8. The van der Waals surface area contributed by atoms with E-state index >= 15 is 0 Å². The molecule has 1 rings (SSSR count). The first-order valence-electron chi connectivity index (χ1n) is 5.46. The van der Waals surface area contributed by atoms with Crippen molar-refractivity contribution in [2.24, 2.45) is 10.8 Å². The Labute approximate surface area is 87.7 Å². The molecule has 1 fully saturated rings. The van der Waals surface area contributed by atoms with Gasteiger partial charge in [-0.2, -0.15) is 0 Å². The van der Waals surface area contributed by atoms with Crippen molar-refractivity contribution in [3.8, 4) is 0 Å². The van der Waals surface area contributed by atoms with Crippen molar-refractivity contribution in [1.29, 1.82) is 0 Å². The molecule has 2 nitrogen and oxygen atoms in total. The van der Waals surface area contributed by atoms with Crippen LogP contribution in [0.15, 0.2) is 0 Å². The normalized spacial score (nSPS) is 22.6. The molecule has 0 unspecified atom stereocenters. The molecule has 1 saturated heterocycles. The number of rotatable bonds is 2. The van der Waals surface area contributed by atoms with E-state index in [1.807, 2.05) is 20.8 Å². The van der Waals surface area contributed by atoms with E-state index in [9.17, 15) is 4.79 Å². The third-order valence-electron chi connectivity index (χ3n) is 2.96. The lowest BCUT2D eigenvalue weighted by molar-refractivity contribution is -0.127. The van der Waals surface area contributed by atoms with Crippen molar-refractivity contribution in [2.75, 3.05) is 19.6 Å². The van der Waals surface area contributed by atoms with E-state index in [0.29, 0.717) is 17.7 Å². The largest absolute Gasteiger partial charge is 0.298 e. The van der Waals surface area contributed by atoms with Crippen LogP contribution >= 0.6 is 0 Å². The van der Waals surface area contributed by atoms with Crippen molar-refractivity contribution < 1.29 is 4.79 Å². The Bertz CT molecular complexity index is 225. The minimum Gasteiger partial charge on any atom is -0.298 e. The van der Waals surface area contributed by atoms with Crippen molar-refractivity contribution in [3.63, 3.8) is 0 Å². The zero-order chi connectivity index (χ0) is 11.0. The SMILES string of the molecule is CC1(C)CCN(CC(=O)C(C)(C)C)C1. The molecule has 0 spiro atoms. The lowest BCUT2D eigenvalue weighted by Crippen LogP contribution is -2.35. The number of hydrogen-bond donors (Lipinski definition) is 0. The molecule has 0 aromatic carbocycles. The molecule has 0 aromatic rings. The predicted octanol–water partition coefficient (Wildman–Crippen LogP) is 2.33. The number of ketones is 1. The molecule has 0 N–H and O–H groups in total. The summed E-state index contributed by atoms with van der Waals surface area (Å²) >= 11 is 0. The predicted molar refractivity (Wildman–Crippen MR) is 59.3 cm³/mol. The standard InChI is InChI=1S/C12H23NO/c1-11(2,3)10(14)8-13-7-6-12(4,5)9-13/h6-9H2,1-5H3. The summed E-state index contributed by atoms with van der Waals surface area (Å²) in [6, 6.07) is 0. The Morgan fingerprint density at radius 3 is 2.29 bits per heavy atom. The monoisotopic (exact) mass is 197 g/mol.